The molecule has 0 aromatic carbocycles. The van der Waals surface area contributed by atoms with Crippen molar-refractivity contribution in [1.82, 2.24) is 0 Å². The highest BCUT2D eigenvalue weighted by molar-refractivity contribution is 6.71. The second-order valence-electron chi connectivity index (χ2n) is 11.8. The van der Waals surface area contributed by atoms with Crippen LogP contribution in [0, 0.1) is 0 Å². The van der Waals surface area contributed by atoms with Gasteiger partial charge in [-0.1, -0.05) is 0 Å². The van der Waals surface area contributed by atoms with E-state index < -0.39 is 39.6 Å². The van der Waals surface area contributed by atoms with E-state index in [1.54, 1.807) is 7.11 Å². The van der Waals surface area contributed by atoms with E-state index in [2.05, 4.69) is 78.6 Å². The van der Waals surface area contributed by atoms with Gasteiger partial charge < -0.3 is 27.2 Å². The van der Waals surface area contributed by atoms with Crippen LogP contribution in [0.5, 0.6) is 0 Å². The van der Waals surface area contributed by atoms with Gasteiger partial charge in [0.05, 0.1) is 6.61 Å². The van der Waals surface area contributed by atoms with E-state index in [-0.39, 0.29) is 24.4 Å². The van der Waals surface area contributed by atoms with Crippen LogP contribution >= 0.6 is 0 Å². The van der Waals surface area contributed by atoms with E-state index in [1.165, 1.54) is 0 Å². The molecule has 0 amide bonds. The van der Waals surface area contributed by atoms with Crippen LogP contribution in [0.3, 0.4) is 0 Å². The van der Waals surface area contributed by atoms with Gasteiger partial charge in [0.2, 0.25) is 0 Å². The predicted molar refractivity (Wildman–Crippen MR) is 130 cm³/mol. The topological polar surface area (TPSA) is 55.4 Å². The van der Waals surface area contributed by atoms with E-state index in [0.717, 1.165) is 0 Å². The second kappa shape index (κ2) is 10.1. The minimum atomic E-state index is -1.87. The maximum atomic E-state index is 6.60. The first-order valence-electron chi connectivity index (χ1n) is 10.7. The summed E-state index contributed by atoms with van der Waals surface area (Å²) in [7, 11) is -5.57. The van der Waals surface area contributed by atoms with Crippen molar-refractivity contribution < 1.29 is 27.2 Å². The molecule has 1 fully saturated rings. The normalized spacial score (nSPS) is 29.9. The predicted octanol–water partition coefficient (Wildman–Crippen LogP) is 4.87. The fourth-order valence-corrected chi connectivity index (χ4v) is 6.86. The van der Waals surface area contributed by atoms with Crippen LogP contribution in [-0.2, 0) is 27.2 Å². The van der Waals surface area contributed by atoms with Gasteiger partial charge in [0.15, 0.2) is 39.6 Å². The van der Waals surface area contributed by atoms with Gasteiger partial charge in [-0.15, -0.1) is 0 Å². The molecule has 29 heavy (non-hydrogen) atoms. The SMILES string of the molecule is COC1C(O[Si](C)(C)C)C(CO[Si](C)(C)C)OC(O[Si](C)(C)C)C1O[Si](C)(C)C. The molecule has 1 aliphatic heterocycles. The van der Waals surface area contributed by atoms with Crippen LogP contribution in [0.15, 0.2) is 0 Å². The van der Waals surface area contributed by atoms with Crippen molar-refractivity contribution in [3.05, 3.63) is 0 Å². The summed E-state index contributed by atoms with van der Waals surface area (Å²) in [6.45, 7) is 26.7. The molecule has 0 bridgehead atoms. The van der Waals surface area contributed by atoms with Crippen molar-refractivity contribution in [2.24, 2.45) is 0 Å². The van der Waals surface area contributed by atoms with Gasteiger partial charge >= 0.3 is 0 Å². The monoisotopic (exact) mass is 482 g/mol. The Morgan fingerprint density at radius 3 is 1.41 bits per heavy atom. The number of ether oxygens (including phenoxy) is 2. The fourth-order valence-electron chi connectivity index (χ4n) is 3.14. The zero-order chi connectivity index (χ0) is 22.8. The average Bonchev–Trinajstić information content (AvgIpc) is 2.43. The smallest absolute Gasteiger partial charge is 0.187 e. The van der Waals surface area contributed by atoms with Gasteiger partial charge in [-0.2, -0.15) is 0 Å². The molecule has 1 rings (SSSR count). The molecule has 0 radical (unpaired) electrons. The Kier molecular flexibility index (Phi) is 9.59. The molecule has 1 aliphatic rings. The Labute approximate surface area is 183 Å². The summed E-state index contributed by atoms with van der Waals surface area (Å²) in [6.07, 6.45) is -1.55. The third-order valence-electron chi connectivity index (χ3n) is 3.99. The van der Waals surface area contributed by atoms with Crippen LogP contribution in [0.4, 0.5) is 0 Å². The number of rotatable bonds is 10. The first-order chi connectivity index (χ1) is 12.8. The quantitative estimate of drug-likeness (QED) is 0.414. The van der Waals surface area contributed by atoms with Crippen LogP contribution < -0.4 is 0 Å². The van der Waals surface area contributed by atoms with Gasteiger partial charge in [-0.05, 0) is 78.6 Å². The maximum Gasteiger partial charge on any atom is 0.187 e. The lowest BCUT2D eigenvalue weighted by atomic mass is 9.99. The van der Waals surface area contributed by atoms with E-state index >= 15 is 0 Å². The highest BCUT2D eigenvalue weighted by Gasteiger charge is 2.51. The molecule has 0 spiro atoms. The zero-order valence-corrected chi connectivity index (χ0v) is 25.0. The molecular formula is C19H46O6Si4. The Morgan fingerprint density at radius 2 is 1.03 bits per heavy atom. The van der Waals surface area contributed by atoms with Crippen molar-refractivity contribution >= 4 is 33.3 Å². The molecule has 1 saturated heterocycles. The Hall–Kier alpha value is 0.628. The lowest BCUT2D eigenvalue weighted by Crippen LogP contribution is -2.65. The Balaban J connectivity index is 3.29. The van der Waals surface area contributed by atoms with Crippen molar-refractivity contribution in [2.75, 3.05) is 13.7 Å². The summed E-state index contributed by atoms with van der Waals surface area (Å²) >= 11 is 0. The van der Waals surface area contributed by atoms with Crippen LogP contribution in [-0.4, -0.2) is 77.7 Å². The summed E-state index contributed by atoms with van der Waals surface area (Å²) in [4.78, 5) is 0. The van der Waals surface area contributed by atoms with Crippen LogP contribution in [0.25, 0.3) is 0 Å². The Morgan fingerprint density at radius 1 is 0.586 bits per heavy atom. The van der Waals surface area contributed by atoms with E-state index in [4.69, 9.17) is 27.2 Å². The number of methoxy groups -OCH3 is 1. The first-order valence-corrected chi connectivity index (χ1v) is 24.3. The molecule has 174 valence electrons. The molecule has 5 unspecified atom stereocenters. The second-order valence-corrected chi connectivity index (χ2v) is 29.7. The molecule has 1 heterocycles. The van der Waals surface area contributed by atoms with Crippen molar-refractivity contribution in [3.63, 3.8) is 0 Å². The summed E-state index contributed by atoms with van der Waals surface area (Å²) in [6, 6.07) is 0. The van der Waals surface area contributed by atoms with Gasteiger partial charge in [0.25, 0.3) is 0 Å². The molecular weight excluding hydrogens is 437 g/mol. The molecule has 5 atom stereocenters. The number of hydrogen-bond donors (Lipinski definition) is 0. The average molecular weight is 483 g/mol. The highest BCUT2D eigenvalue weighted by Crippen LogP contribution is 2.33. The van der Waals surface area contributed by atoms with E-state index in [9.17, 15) is 0 Å². The molecule has 0 N–H and O–H groups in total. The summed E-state index contributed by atoms with van der Waals surface area (Å²) in [5.41, 5.74) is 0. The largest absolute Gasteiger partial charge is 0.415 e. The standard InChI is InChI=1S/C19H46O6Si4/c1-20-17-16(23-27(5,6)7)15(14-21-26(2,3)4)22-19(25-29(11,12)13)18(17)24-28(8,9)10/h15-19H,14H2,1-13H3. The van der Waals surface area contributed by atoms with Crippen molar-refractivity contribution in [1.29, 1.82) is 0 Å². The molecule has 0 aromatic heterocycles. The first kappa shape index (κ1) is 27.7. The lowest BCUT2D eigenvalue weighted by molar-refractivity contribution is -0.276. The fraction of sp³-hybridized carbons (Fsp3) is 1.00. The molecule has 0 saturated carbocycles. The van der Waals surface area contributed by atoms with E-state index in [0.29, 0.717) is 6.61 Å². The highest BCUT2D eigenvalue weighted by atomic mass is 28.4. The zero-order valence-electron chi connectivity index (χ0n) is 21.0. The Bertz CT molecular complexity index is 507. The van der Waals surface area contributed by atoms with Gasteiger partial charge in [0, 0.05) is 7.11 Å². The molecule has 0 aliphatic carbocycles. The van der Waals surface area contributed by atoms with Gasteiger partial charge in [-0.3, -0.25) is 0 Å². The third kappa shape index (κ3) is 10.7. The van der Waals surface area contributed by atoms with Crippen molar-refractivity contribution in [3.8, 4) is 0 Å². The molecule has 0 aromatic rings. The molecule has 10 heteroatoms. The van der Waals surface area contributed by atoms with Crippen LogP contribution in [0.1, 0.15) is 0 Å². The van der Waals surface area contributed by atoms with Crippen molar-refractivity contribution in [2.45, 2.75) is 109 Å². The minimum absolute atomic E-state index is 0.245. The third-order valence-corrected chi connectivity index (χ3v) is 7.92. The minimum Gasteiger partial charge on any atom is -0.415 e. The summed E-state index contributed by atoms with van der Waals surface area (Å²) in [5, 5.41) is 0. The lowest BCUT2D eigenvalue weighted by Gasteiger charge is -2.50. The summed E-state index contributed by atoms with van der Waals surface area (Å²) in [5.74, 6) is 0. The van der Waals surface area contributed by atoms with Gasteiger partial charge in [-0.25, -0.2) is 0 Å². The molecule has 6 nitrogen and oxygen atoms in total. The van der Waals surface area contributed by atoms with Crippen LogP contribution in [0.2, 0.25) is 78.6 Å². The summed E-state index contributed by atoms with van der Waals surface area (Å²) < 4.78 is 38.4. The van der Waals surface area contributed by atoms with E-state index in [1.807, 2.05) is 0 Å². The number of hydrogen-bond acceptors (Lipinski definition) is 6. The van der Waals surface area contributed by atoms with Gasteiger partial charge in [0.1, 0.15) is 24.4 Å². The maximum absolute atomic E-state index is 6.60.